The lowest BCUT2D eigenvalue weighted by Gasteiger charge is -2.26. The zero-order valence-electron chi connectivity index (χ0n) is 33.1. The van der Waals surface area contributed by atoms with Crippen molar-refractivity contribution < 1.29 is 4.42 Å². The third-order valence-electron chi connectivity index (χ3n) is 12.7. The third kappa shape index (κ3) is 5.17. The van der Waals surface area contributed by atoms with Crippen LogP contribution in [0, 0.1) is 0 Å². The van der Waals surface area contributed by atoms with Crippen molar-refractivity contribution in [2.75, 3.05) is 4.90 Å². The van der Waals surface area contributed by atoms with Gasteiger partial charge in [0, 0.05) is 38.6 Å². The number of benzene rings is 11. The van der Waals surface area contributed by atoms with Crippen LogP contribution in [0.2, 0.25) is 0 Å². The normalized spacial score (nSPS) is 11.9. The van der Waals surface area contributed by atoms with E-state index in [9.17, 15) is 0 Å². The molecule has 0 atom stereocenters. The van der Waals surface area contributed by atoms with Crippen LogP contribution in [-0.4, -0.2) is 4.57 Å². The van der Waals surface area contributed by atoms with E-state index in [-0.39, 0.29) is 0 Å². The van der Waals surface area contributed by atoms with Gasteiger partial charge < -0.3 is 13.9 Å². The molecule has 2 heterocycles. The molecule has 13 rings (SSSR count). The van der Waals surface area contributed by atoms with Crippen LogP contribution in [0.25, 0.3) is 104 Å². The van der Waals surface area contributed by atoms with Gasteiger partial charge in [0.1, 0.15) is 5.58 Å². The number of nitrogens with zero attached hydrogens (tertiary/aromatic N) is 2. The summed E-state index contributed by atoms with van der Waals surface area (Å²) >= 11 is 0. The molecule has 0 aliphatic rings. The van der Waals surface area contributed by atoms with Gasteiger partial charge in [-0.3, -0.25) is 0 Å². The fraction of sp³-hybridized carbons (Fsp3) is 0. The maximum atomic E-state index is 6.70. The van der Waals surface area contributed by atoms with Gasteiger partial charge in [0.2, 0.25) is 0 Å². The number of anilines is 3. The number of fused-ring (bicyclic) bond motifs is 13. The van der Waals surface area contributed by atoms with Gasteiger partial charge in [-0.15, -0.1) is 0 Å². The van der Waals surface area contributed by atoms with Crippen molar-refractivity contribution in [2.24, 2.45) is 0 Å². The quantitative estimate of drug-likeness (QED) is 0.162. The summed E-state index contributed by atoms with van der Waals surface area (Å²) in [6.07, 6.45) is 0. The van der Waals surface area contributed by atoms with Crippen LogP contribution in [-0.2, 0) is 0 Å². The lowest BCUT2D eigenvalue weighted by atomic mass is 9.94. The second-order valence-electron chi connectivity index (χ2n) is 16.1. The van der Waals surface area contributed by atoms with Crippen LogP contribution in [0.3, 0.4) is 0 Å². The van der Waals surface area contributed by atoms with E-state index < -0.39 is 0 Å². The molecule has 0 N–H and O–H groups in total. The summed E-state index contributed by atoms with van der Waals surface area (Å²) in [5, 5.41) is 14.7. The van der Waals surface area contributed by atoms with E-state index in [0.717, 1.165) is 50.3 Å². The molecule has 61 heavy (non-hydrogen) atoms. The molecule has 0 radical (unpaired) electrons. The summed E-state index contributed by atoms with van der Waals surface area (Å²) in [5.41, 5.74) is 10.8. The highest BCUT2D eigenvalue weighted by Gasteiger charge is 2.21. The number of hydrogen-bond donors (Lipinski definition) is 0. The minimum absolute atomic E-state index is 0.865. The SMILES string of the molecule is c1ccc2cc(-n3c4ccccc4c4cc(-c5ccc(N(c6ccc7c8ccccc8c8ccccc8c7c6)c6cccc7c6oc6ccccc67)cc5)ccc43)ccc2c1. The lowest BCUT2D eigenvalue weighted by Crippen LogP contribution is -2.10. The first-order chi connectivity index (χ1) is 30.2. The minimum atomic E-state index is 0.865. The van der Waals surface area contributed by atoms with Crippen LogP contribution >= 0.6 is 0 Å². The first-order valence-corrected chi connectivity index (χ1v) is 20.9. The van der Waals surface area contributed by atoms with Gasteiger partial charge in [-0.05, 0) is 121 Å². The number of furan rings is 1. The summed E-state index contributed by atoms with van der Waals surface area (Å²) in [7, 11) is 0. The molecule has 0 spiro atoms. The Morgan fingerprint density at radius 3 is 1.70 bits per heavy atom. The zero-order chi connectivity index (χ0) is 40.0. The largest absolute Gasteiger partial charge is 0.454 e. The van der Waals surface area contributed by atoms with E-state index in [2.05, 4.69) is 222 Å². The Morgan fingerprint density at radius 2 is 0.918 bits per heavy atom. The van der Waals surface area contributed by atoms with Crippen molar-refractivity contribution in [3.8, 4) is 16.8 Å². The number of para-hydroxylation sites is 3. The van der Waals surface area contributed by atoms with Gasteiger partial charge in [-0.25, -0.2) is 0 Å². The molecule has 0 unspecified atom stereocenters. The standard InChI is InChI=1S/C58H36N2O/c1-2-13-39-34-42(30-26-37(39)12-1)60-54-21-9-7-18-49(54)53-35-40(27-33-55(53)60)38-24-28-41(29-25-38)59(56-22-11-20-51-50-19-8-10-23-57(50)61-58(51)56)43-31-32-48-46-16-4-3-14-44(46)45-15-5-6-17-47(45)52(48)36-43/h1-36H. The van der Waals surface area contributed by atoms with Crippen molar-refractivity contribution in [3.05, 3.63) is 218 Å². The van der Waals surface area contributed by atoms with Gasteiger partial charge in [-0.2, -0.15) is 0 Å². The zero-order valence-corrected chi connectivity index (χ0v) is 33.1. The summed E-state index contributed by atoms with van der Waals surface area (Å²) in [5.74, 6) is 0. The Hall–Kier alpha value is -8.14. The molecule has 0 aliphatic carbocycles. The third-order valence-corrected chi connectivity index (χ3v) is 12.7. The molecular formula is C58H36N2O. The van der Waals surface area contributed by atoms with E-state index in [1.165, 1.54) is 70.5 Å². The average Bonchev–Trinajstić information content (AvgIpc) is 3.88. The van der Waals surface area contributed by atoms with Gasteiger partial charge >= 0.3 is 0 Å². The topological polar surface area (TPSA) is 21.3 Å². The van der Waals surface area contributed by atoms with E-state index in [1.54, 1.807) is 0 Å². The molecule has 13 aromatic rings. The van der Waals surface area contributed by atoms with Gasteiger partial charge in [-0.1, -0.05) is 152 Å². The second kappa shape index (κ2) is 13.2. The van der Waals surface area contributed by atoms with Crippen LogP contribution in [0.5, 0.6) is 0 Å². The fourth-order valence-electron chi connectivity index (χ4n) is 9.92. The molecule has 0 saturated carbocycles. The Labute approximate surface area is 351 Å². The van der Waals surface area contributed by atoms with Crippen molar-refractivity contribution in [1.82, 2.24) is 4.57 Å². The molecule has 0 aliphatic heterocycles. The lowest BCUT2D eigenvalue weighted by molar-refractivity contribution is 0.669. The molecule has 0 amide bonds. The van der Waals surface area contributed by atoms with Gasteiger partial charge in [0.25, 0.3) is 0 Å². The first kappa shape index (κ1) is 33.8. The van der Waals surface area contributed by atoms with E-state index in [0.29, 0.717) is 0 Å². The minimum Gasteiger partial charge on any atom is -0.454 e. The van der Waals surface area contributed by atoms with E-state index >= 15 is 0 Å². The van der Waals surface area contributed by atoms with Gasteiger partial charge in [0.15, 0.2) is 5.58 Å². The summed E-state index contributed by atoms with van der Waals surface area (Å²) in [4.78, 5) is 2.36. The summed E-state index contributed by atoms with van der Waals surface area (Å²) in [6, 6.07) is 79.3. The molecule has 284 valence electrons. The van der Waals surface area contributed by atoms with Crippen LogP contribution in [0.15, 0.2) is 223 Å². The highest BCUT2D eigenvalue weighted by molar-refractivity contribution is 6.26. The Balaban J connectivity index is 0.978. The molecule has 0 fully saturated rings. The van der Waals surface area contributed by atoms with Crippen LogP contribution in [0.1, 0.15) is 0 Å². The highest BCUT2D eigenvalue weighted by atomic mass is 16.3. The molecule has 0 bridgehead atoms. The monoisotopic (exact) mass is 776 g/mol. The first-order valence-electron chi connectivity index (χ1n) is 20.9. The maximum absolute atomic E-state index is 6.70. The van der Waals surface area contributed by atoms with Crippen LogP contribution in [0.4, 0.5) is 17.1 Å². The fourth-order valence-corrected chi connectivity index (χ4v) is 9.92. The van der Waals surface area contributed by atoms with Crippen molar-refractivity contribution in [3.63, 3.8) is 0 Å². The second-order valence-corrected chi connectivity index (χ2v) is 16.1. The maximum Gasteiger partial charge on any atom is 0.159 e. The summed E-state index contributed by atoms with van der Waals surface area (Å²) in [6.45, 7) is 0. The van der Waals surface area contributed by atoms with Gasteiger partial charge in [0.05, 0.1) is 16.7 Å². The van der Waals surface area contributed by atoms with E-state index in [1.807, 2.05) is 6.07 Å². The highest BCUT2D eigenvalue weighted by Crippen LogP contribution is 2.45. The van der Waals surface area contributed by atoms with Crippen molar-refractivity contribution in [2.45, 2.75) is 0 Å². The molecule has 3 nitrogen and oxygen atoms in total. The predicted octanol–water partition coefficient (Wildman–Crippen LogP) is 16.4. The molecule has 11 aromatic carbocycles. The molecular weight excluding hydrogens is 741 g/mol. The summed E-state index contributed by atoms with van der Waals surface area (Å²) < 4.78 is 9.10. The van der Waals surface area contributed by atoms with Crippen molar-refractivity contribution >= 4 is 104 Å². The molecule has 2 aromatic heterocycles. The van der Waals surface area contributed by atoms with E-state index in [4.69, 9.17) is 4.42 Å². The number of rotatable bonds is 5. The Morgan fingerprint density at radius 1 is 0.328 bits per heavy atom. The number of aromatic nitrogens is 1. The van der Waals surface area contributed by atoms with Crippen LogP contribution < -0.4 is 4.90 Å². The van der Waals surface area contributed by atoms with Crippen molar-refractivity contribution in [1.29, 1.82) is 0 Å². The molecule has 3 heteroatoms. The Kier molecular flexibility index (Phi) is 7.31. The molecule has 0 saturated heterocycles. The number of hydrogen-bond acceptors (Lipinski definition) is 2. The smallest absolute Gasteiger partial charge is 0.159 e. The Bertz CT molecular complexity index is 3850. The predicted molar refractivity (Wildman–Crippen MR) is 258 cm³/mol. The average molecular weight is 777 g/mol.